The van der Waals surface area contributed by atoms with Crippen LogP contribution in [-0.4, -0.2) is 83.4 Å². The van der Waals surface area contributed by atoms with Crippen LogP contribution in [0.5, 0.6) is 0 Å². The summed E-state index contributed by atoms with van der Waals surface area (Å²) in [5, 5.41) is 21.0. The molecular formula is C46H48N4O10. The smallest absolute Gasteiger partial charge is 0.337 e. The van der Waals surface area contributed by atoms with Crippen LogP contribution in [0.15, 0.2) is 96.6 Å². The molecule has 0 spiro atoms. The fourth-order valence-corrected chi connectivity index (χ4v) is 9.90. The first kappa shape index (κ1) is 40.4. The summed E-state index contributed by atoms with van der Waals surface area (Å²) >= 11 is 0. The fourth-order valence-electron chi connectivity index (χ4n) is 9.90. The van der Waals surface area contributed by atoms with Crippen molar-refractivity contribution in [2.24, 2.45) is 23.7 Å². The maximum Gasteiger partial charge on any atom is 0.337 e. The Kier molecular flexibility index (Phi) is 11.2. The van der Waals surface area contributed by atoms with Crippen LogP contribution in [0.3, 0.4) is 0 Å². The van der Waals surface area contributed by atoms with Crippen LogP contribution in [-0.2, 0) is 57.5 Å². The van der Waals surface area contributed by atoms with Gasteiger partial charge in [0.25, 0.3) is 0 Å². The average molecular weight is 817 g/mol. The molecule has 0 amide bonds. The van der Waals surface area contributed by atoms with Crippen LogP contribution in [0.1, 0.15) is 43.3 Å². The first-order chi connectivity index (χ1) is 29.0. The summed E-state index contributed by atoms with van der Waals surface area (Å²) in [5.41, 5.74) is 8.88. The summed E-state index contributed by atoms with van der Waals surface area (Å²) < 4.78 is 23.9. The SMILES string of the molecule is COC(=O)C1=COC(C)C2CN3CCc4c([nH]c5ccccc45)C3CC12.COC(=O)C1=COC(C)[C@@H]2C[n+]3ccc4c([nH]c5ccccc54)c3C[C@@H]12.O=C([O-])/C=C\C(=O)O. The van der Waals surface area contributed by atoms with Crippen molar-refractivity contribution in [2.45, 2.75) is 57.9 Å². The van der Waals surface area contributed by atoms with Gasteiger partial charge in [0.15, 0.2) is 12.7 Å². The lowest BCUT2D eigenvalue weighted by Gasteiger charge is -2.49. The molecule has 0 bridgehead atoms. The molecule has 3 N–H and O–H groups in total. The minimum absolute atomic E-state index is 0.0764. The Morgan fingerprint density at radius 3 is 2.12 bits per heavy atom. The number of piperidine rings is 1. The summed E-state index contributed by atoms with van der Waals surface area (Å²) in [6.07, 6.45) is 9.35. The highest BCUT2D eigenvalue weighted by molar-refractivity contribution is 6.07. The van der Waals surface area contributed by atoms with E-state index in [2.05, 4.69) is 88.0 Å². The van der Waals surface area contributed by atoms with E-state index in [0.717, 1.165) is 49.9 Å². The summed E-state index contributed by atoms with van der Waals surface area (Å²) in [6.45, 7) is 7.04. The third kappa shape index (κ3) is 7.51. The molecule has 0 radical (unpaired) electrons. The fraction of sp³-hybridized carbons (Fsp3) is 0.370. The standard InChI is InChI=1S/C21H24N2O3.C21H20N2O3.C4H4O4/c2*1-12-16-10-23-8-7-14-13-5-3-4-6-18(13)22-20(14)19(23)9-15(16)17(11-26-12)21(24)25-2;5-3(6)1-2-4(7)8/h3-6,11-12,15-16,19,22H,7-10H2,1-2H3;3-8,11-12,15-16H,9-10H2,1-2H3;1-2H,(H,5,6)(H,7,8)/b;;2-1-/t;12?,15-,16+;/m.1./s1. The van der Waals surface area contributed by atoms with Crippen molar-refractivity contribution in [3.05, 3.63) is 114 Å². The molecule has 8 heterocycles. The van der Waals surface area contributed by atoms with Crippen LogP contribution in [0.2, 0.25) is 0 Å². The van der Waals surface area contributed by atoms with Crippen LogP contribution >= 0.6 is 0 Å². The Morgan fingerprint density at radius 1 is 0.833 bits per heavy atom. The minimum Gasteiger partial charge on any atom is -0.545 e. The molecule has 5 aliphatic heterocycles. The van der Waals surface area contributed by atoms with Gasteiger partial charge in [-0.2, -0.15) is 0 Å². The summed E-state index contributed by atoms with van der Waals surface area (Å²) in [5.74, 6) is -2.46. The molecule has 0 aliphatic carbocycles. The number of H-pyrrole nitrogens is 2. The van der Waals surface area contributed by atoms with Gasteiger partial charge in [-0.25, -0.2) is 19.0 Å². The number of esters is 2. The minimum atomic E-state index is -1.51. The lowest BCUT2D eigenvalue weighted by atomic mass is 9.72. The number of nitrogens with one attached hydrogen (secondary N) is 2. The molecule has 5 aromatic rings. The van der Waals surface area contributed by atoms with Crippen molar-refractivity contribution in [2.75, 3.05) is 27.3 Å². The third-order valence-electron chi connectivity index (χ3n) is 12.9. The molecule has 10 rings (SSSR count). The Labute approximate surface area is 346 Å². The molecule has 312 valence electrons. The molecule has 60 heavy (non-hydrogen) atoms. The van der Waals surface area contributed by atoms with E-state index in [1.165, 1.54) is 52.8 Å². The molecule has 7 atom stereocenters. The van der Waals surface area contributed by atoms with E-state index in [1.54, 1.807) is 12.5 Å². The zero-order chi connectivity index (χ0) is 42.2. The number of aromatic amines is 2. The molecule has 5 unspecified atom stereocenters. The maximum atomic E-state index is 12.3. The normalized spacial score (nSPS) is 25.2. The number of benzene rings is 2. The van der Waals surface area contributed by atoms with Crippen molar-refractivity contribution < 1.29 is 52.9 Å². The molecular weight excluding hydrogens is 769 g/mol. The van der Waals surface area contributed by atoms with Crippen LogP contribution in [0.4, 0.5) is 0 Å². The molecule has 1 fully saturated rings. The Morgan fingerprint density at radius 2 is 1.47 bits per heavy atom. The molecule has 5 aliphatic rings. The zero-order valence-corrected chi connectivity index (χ0v) is 33.9. The van der Waals surface area contributed by atoms with Gasteiger partial charge >= 0.3 is 17.9 Å². The lowest BCUT2D eigenvalue weighted by molar-refractivity contribution is -0.717. The van der Waals surface area contributed by atoms with Crippen molar-refractivity contribution in [1.29, 1.82) is 0 Å². The lowest BCUT2D eigenvalue weighted by Crippen LogP contribution is -2.53. The topological polar surface area (TPSA) is 187 Å². The highest BCUT2D eigenvalue weighted by atomic mass is 16.5. The van der Waals surface area contributed by atoms with Gasteiger partial charge in [-0.1, -0.05) is 36.4 Å². The number of hydrogen-bond acceptors (Lipinski definition) is 10. The molecule has 3 aromatic heterocycles. The molecule has 14 nitrogen and oxygen atoms in total. The second kappa shape index (κ2) is 16.7. The van der Waals surface area contributed by atoms with E-state index in [1.807, 2.05) is 6.07 Å². The highest BCUT2D eigenvalue weighted by Crippen LogP contribution is 2.48. The summed E-state index contributed by atoms with van der Waals surface area (Å²) in [7, 11) is 2.87. The average Bonchev–Trinajstić information content (AvgIpc) is 3.84. The van der Waals surface area contributed by atoms with Gasteiger partial charge in [0.2, 0.25) is 5.69 Å². The van der Waals surface area contributed by atoms with Gasteiger partial charge in [-0.05, 0) is 50.5 Å². The number of rotatable bonds is 4. The third-order valence-corrected chi connectivity index (χ3v) is 12.9. The Hall–Kier alpha value is -6.41. The molecule has 14 heteroatoms. The number of pyridine rings is 1. The summed E-state index contributed by atoms with van der Waals surface area (Å²) in [6, 6.07) is 19.4. The second-order valence-electron chi connectivity index (χ2n) is 16.0. The molecule has 0 saturated carbocycles. The number of carbonyl (C=O) groups excluding carboxylic acids is 3. The van der Waals surface area contributed by atoms with Crippen LogP contribution in [0.25, 0.3) is 32.7 Å². The summed E-state index contributed by atoms with van der Waals surface area (Å²) in [4.78, 5) is 53.3. The monoisotopic (exact) mass is 816 g/mol. The number of fused-ring (bicyclic) bond motifs is 12. The quantitative estimate of drug-likeness (QED) is 0.132. The van der Waals surface area contributed by atoms with Crippen molar-refractivity contribution in [3.63, 3.8) is 0 Å². The van der Waals surface area contributed by atoms with Gasteiger partial charge < -0.3 is 43.9 Å². The predicted octanol–water partition coefficient (Wildman–Crippen LogP) is 4.43. The Balaban J connectivity index is 0.000000141. The van der Waals surface area contributed by atoms with E-state index in [9.17, 15) is 24.3 Å². The number of nitrogens with zero attached hydrogens (tertiary/aromatic N) is 2. The number of hydrogen-bond donors (Lipinski definition) is 3. The van der Waals surface area contributed by atoms with E-state index in [4.69, 9.17) is 24.1 Å². The van der Waals surface area contributed by atoms with E-state index in [0.29, 0.717) is 35.3 Å². The first-order valence-corrected chi connectivity index (χ1v) is 20.2. The van der Waals surface area contributed by atoms with Gasteiger partial charge in [-0.15, -0.1) is 0 Å². The number of para-hydroxylation sites is 2. The number of carboxylic acids is 2. The molecule has 2 aromatic carbocycles. The Bertz CT molecular complexity index is 2570. The van der Waals surface area contributed by atoms with Gasteiger partial charge in [-0.3, -0.25) is 4.90 Å². The highest BCUT2D eigenvalue weighted by Gasteiger charge is 2.48. The number of methoxy groups -OCH3 is 2. The van der Waals surface area contributed by atoms with Crippen LogP contribution < -0.4 is 9.67 Å². The van der Waals surface area contributed by atoms with Crippen molar-refractivity contribution in [1.82, 2.24) is 14.9 Å². The number of carboxylic acid groups (broad SMARTS) is 2. The number of aliphatic carboxylic acids is 2. The predicted molar refractivity (Wildman–Crippen MR) is 218 cm³/mol. The van der Waals surface area contributed by atoms with Gasteiger partial charge in [0.1, 0.15) is 11.6 Å². The van der Waals surface area contributed by atoms with E-state index >= 15 is 0 Å². The van der Waals surface area contributed by atoms with Gasteiger partial charge in [0.05, 0.1) is 61.9 Å². The number of aromatic nitrogens is 3. The number of ether oxygens (including phenoxy) is 4. The second-order valence-corrected chi connectivity index (χ2v) is 16.0. The maximum absolute atomic E-state index is 12.3. The first-order valence-electron chi connectivity index (χ1n) is 20.2. The number of carbonyl (C=O) groups is 4. The van der Waals surface area contributed by atoms with Gasteiger partial charge in [0, 0.05) is 82.3 Å². The van der Waals surface area contributed by atoms with Crippen molar-refractivity contribution in [3.8, 4) is 0 Å². The molecule has 1 saturated heterocycles. The largest absolute Gasteiger partial charge is 0.545 e. The zero-order valence-electron chi connectivity index (χ0n) is 33.9. The van der Waals surface area contributed by atoms with Crippen LogP contribution in [0, 0.1) is 23.7 Å². The van der Waals surface area contributed by atoms with E-state index in [-0.39, 0.29) is 41.9 Å². The van der Waals surface area contributed by atoms with Crippen molar-refractivity contribution >= 4 is 56.6 Å². The van der Waals surface area contributed by atoms with E-state index < -0.39 is 11.9 Å².